The smallest absolute Gasteiger partial charge is 0.221 e. The number of halogens is 1. The van der Waals surface area contributed by atoms with Crippen LogP contribution >= 0.6 is 23.8 Å². The van der Waals surface area contributed by atoms with Gasteiger partial charge in [0.25, 0.3) is 0 Å². The van der Waals surface area contributed by atoms with Crippen molar-refractivity contribution in [2.45, 2.75) is 13.2 Å². The molecule has 3 rings (SSSR count). The predicted octanol–water partition coefficient (Wildman–Crippen LogP) is 2.95. The van der Waals surface area contributed by atoms with E-state index in [0.29, 0.717) is 28.0 Å². The average molecular weight is 406 g/mol. The molecule has 0 fully saturated rings. The van der Waals surface area contributed by atoms with Crippen LogP contribution in [-0.2, 0) is 13.2 Å². The Hall–Kier alpha value is -2.35. The molecule has 0 spiro atoms. The standard InChI is InChI=1S/C19H21ClN4O2S/c1-23(11-13-4-7-15(25-2)8-5-13)12-24-19(27)21-18(22-24)16-10-14(20)6-9-17(16)26-3/h4-10H,11-12H2,1-3H3,(H,21,22,27)/p+1. The van der Waals surface area contributed by atoms with E-state index in [1.54, 1.807) is 20.3 Å². The molecule has 1 atom stereocenters. The number of aromatic amines is 1. The van der Waals surface area contributed by atoms with Crippen molar-refractivity contribution in [3.8, 4) is 22.9 Å². The summed E-state index contributed by atoms with van der Waals surface area (Å²) in [6.07, 6.45) is 0. The Labute approximate surface area is 168 Å². The van der Waals surface area contributed by atoms with Gasteiger partial charge in [-0.2, -0.15) is 4.98 Å². The summed E-state index contributed by atoms with van der Waals surface area (Å²) < 4.78 is 12.9. The van der Waals surface area contributed by atoms with E-state index in [9.17, 15) is 0 Å². The van der Waals surface area contributed by atoms with Crippen molar-refractivity contribution in [1.82, 2.24) is 14.8 Å². The van der Waals surface area contributed by atoms with E-state index in [-0.39, 0.29) is 0 Å². The fraction of sp³-hybridized carbons (Fsp3) is 0.263. The van der Waals surface area contributed by atoms with Crippen LogP contribution in [0.4, 0.5) is 0 Å². The van der Waals surface area contributed by atoms with Crippen molar-refractivity contribution in [2.24, 2.45) is 0 Å². The fourth-order valence-electron chi connectivity index (χ4n) is 2.87. The van der Waals surface area contributed by atoms with Crippen LogP contribution < -0.4 is 14.4 Å². The van der Waals surface area contributed by atoms with E-state index < -0.39 is 0 Å². The number of rotatable bonds is 7. The van der Waals surface area contributed by atoms with E-state index >= 15 is 0 Å². The van der Waals surface area contributed by atoms with E-state index in [1.165, 1.54) is 10.5 Å². The van der Waals surface area contributed by atoms with Crippen molar-refractivity contribution >= 4 is 23.8 Å². The van der Waals surface area contributed by atoms with Gasteiger partial charge in [-0.3, -0.25) is 5.10 Å². The van der Waals surface area contributed by atoms with Gasteiger partial charge in [0.2, 0.25) is 4.77 Å². The molecule has 0 amide bonds. The van der Waals surface area contributed by atoms with Gasteiger partial charge in [-0.05, 0) is 54.7 Å². The van der Waals surface area contributed by atoms with Gasteiger partial charge >= 0.3 is 0 Å². The second kappa shape index (κ2) is 8.56. The maximum Gasteiger partial charge on any atom is 0.221 e. The molecule has 2 aromatic carbocycles. The minimum atomic E-state index is 0.487. The summed E-state index contributed by atoms with van der Waals surface area (Å²) in [6.45, 7) is 1.50. The lowest BCUT2D eigenvalue weighted by Gasteiger charge is -2.14. The quantitative estimate of drug-likeness (QED) is 0.593. The molecule has 0 aliphatic carbocycles. The third-order valence-corrected chi connectivity index (χ3v) is 4.74. The molecule has 0 bridgehead atoms. The first kappa shape index (κ1) is 19.4. The zero-order valence-corrected chi connectivity index (χ0v) is 17.0. The third-order valence-electron chi connectivity index (χ3n) is 4.19. The molecule has 142 valence electrons. The third kappa shape index (κ3) is 4.68. The SMILES string of the molecule is COc1ccc(C[NH+](C)Cn2[nH]c(-c3cc(Cl)ccc3OC)nc2=S)cc1. The molecule has 1 aromatic heterocycles. The molecule has 2 N–H and O–H groups in total. The topological polar surface area (TPSA) is 56.5 Å². The molecular weight excluding hydrogens is 384 g/mol. The summed E-state index contributed by atoms with van der Waals surface area (Å²) in [4.78, 5) is 5.72. The van der Waals surface area contributed by atoms with Crippen LogP contribution in [0, 0.1) is 4.77 Å². The van der Waals surface area contributed by atoms with Crippen LogP contribution in [0.15, 0.2) is 42.5 Å². The first-order valence-corrected chi connectivity index (χ1v) is 9.23. The summed E-state index contributed by atoms with van der Waals surface area (Å²) in [5.41, 5.74) is 2.00. The molecule has 0 saturated heterocycles. The number of nitrogens with zero attached hydrogens (tertiary/aromatic N) is 2. The zero-order valence-electron chi connectivity index (χ0n) is 15.5. The predicted molar refractivity (Wildman–Crippen MR) is 108 cm³/mol. The van der Waals surface area contributed by atoms with Gasteiger partial charge in [-0.25, -0.2) is 4.68 Å². The van der Waals surface area contributed by atoms with Crippen molar-refractivity contribution in [3.63, 3.8) is 0 Å². The highest BCUT2D eigenvalue weighted by Gasteiger charge is 2.13. The summed E-state index contributed by atoms with van der Waals surface area (Å²) in [5.74, 6) is 2.18. The molecule has 1 heterocycles. The molecule has 8 heteroatoms. The largest absolute Gasteiger partial charge is 0.497 e. The van der Waals surface area contributed by atoms with Crippen LogP contribution in [-0.4, -0.2) is 36.0 Å². The molecule has 27 heavy (non-hydrogen) atoms. The summed E-state index contributed by atoms with van der Waals surface area (Å²) in [5, 5.41) is 3.87. The number of aromatic nitrogens is 3. The molecule has 0 aliphatic heterocycles. The molecule has 3 aromatic rings. The molecule has 0 radical (unpaired) electrons. The lowest BCUT2D eigenvalue weighted by Crippen LogP contribution is -3.07. The second-order valence-corrected chi connectivity index (χ2v) is 7.07. The van der Waals surface area contributed by atoms with Gasteiger partial charge in [0, 0.05) is 10.6 Å². The van der Waals surface area contributed by atoms with E-state index in [0.717, 1.165) is 17.9 Å². The number of ether oxygens (including phenoxy) is 2. The van der Waals surface area contributed by atoms with Crippen LogP contribution in [0.3, 0.4) is 0 Å². The van der Waals surface area contributed by atoms with Gasteiger partial charge in [0.15, 0.2) is 12.5 Å². The number of nitrogens with one attached hydrogen (secondary N) is 2. The minimum absolute atomic E-state index is 0.487. The number of hydrogen-bond donors (Lipinski definition) is 2. The second-order valence-electron chi connectivity index (χ2n) is 6.27. The van der Waals surface area contributed by atoms with E-state index in [1.807, 2.05) is 28.9 Å². The normalized spacial score (nSPS) is 12.0. The van der Waals surface area contributed by atoms with Crippen LogP contribution in [0.1, 0.15) is 5.56 Å². The highest BCUT2D eigenvalue weighted by molar-refractivity contribution is 7.71. The average Bonchev–Trinajstić information content (AvgIpc) is 3.02. The van der Waals surface area contributed by atoms with Crippen molar-refractivity contribution in [2.75, 3.05) is 21.3 Å². The fourth-order valence-corrected chi connectivity index (χ4v) is 3.24. The van der Waals surface area contributed by atoms with Gasteiger partial charge in [-0.1, -0.05) is 11.6 Å². The van der Waals surface area contributed by atoms with Crippen molar-refractivity contribution in [1.29, 1.82) is 0 Å². The Morgan fingerprint density at radius 2 is 1.89 bits per heavy atom. The summed E-state index contributed by atoms with van der Waals surface area (Å²) >= 11 is 11.5. The van der Waals surface area contributed by atoms with Crippen LogP contribution in [0.2, 0.25) is 5.02 Å². The monoisotopic (exact) mass is 405 g/mol. The number of benzene rings is 2. The molecule has 0 saturated carbocycles. The zero-order chi connectivity index (χ0) is 19.4. The molecule has 1 unspecified atom stereocenters. The number of hydrogen-bond acceptors (Lipinski definition) is 4. The Morgan fingerprint density at radius 3 is 2.56 bits per heavy atom. The Bertz CT molecular complexity index is 969. The van der Waals surface area contributed by atoms with Gasteiger partial charge < -0.3 is 14.4 Å². The van der Waals surface area contributed by atoms with E-state index in [2.05, 4.69) is 29.3 Å². The number of quaternary nitrogens is 1. The van der Waals surface area contributed by atoms with E-state index in [4.69, 9.17) is 33.3 Å². The lowest BCUT2D eigenvalue weighted by atomic mass is 10.2. The summed E-state index contributed by atoms with van der Waals surface area (Å²) in [7, 11) is 5.39. The number of methoxy groups -OCH3 is 2. The molecular formula is C19H22ClN4O2S+. The van der Waals surface area contributed by atoms with Gasteiger partial charge in [0.1, 0.15) is 18.0 Å². The maximum atomic E-state index is 6.12. The Balaban J connectivity index is 1.76. The van der Waals surface area contributed by atoms with Crippen molar-refractivity contribution in [3.05, 3.63) is 57.8 Å². The molecule has 6 nitrogen and oxygen atoms in total. The number of H-pyrrole nitrogens is 1. The first-order valence-electron chi connectivity index (χ1n) is 8.45. The maximum absolute atomic E-state index is 6.12. The van der Waals surface area contributed by atoms with Crippen LogP contribution in [0.25, 0.3) is 11.4 Å². The molecule has 0 aliphatic rings. The Kier molecular flexibility index (Phi) is 6.15. The minimum Gasteiger partial charge on any atom is -0.497 e. The highest BCUT2D eigenvalue weighted by Crippen LogP contribution is 2.30. The van der Waals surface area contributed by atoms with Gasteiger partial charge in [-0.15, -0.1) is 0 Å². The lowest BCUT2D eigenvalue weighted by molar-refractivity contribution is -0.917. The first-order chi connectivity index (χ1) is 13.0. The highest BCUT2D eigenvalue weighted by atomic mass is 35.5. The van der Waals surface area contributed by atoms with Crippen LogP contribution in [0.5, 0.6) is 11.5 Å². The van der Waals surface area contributed by atoms with Gasteiger partial charge in [0.05, 0.1) is 26.8 Å². The Morgan fingerprint density at radius 1 is 1.15 bits per heavy atom. The van der Waals surface area contributed by atoms with Crippen molar-refractivity contribution < 1.29 is 14.4 Å². The summed E-state index contributed by atoms with van der Waals surface area (Å²) in [6, 6.07) is 13.5.